The maximum atomic E-state index is 12.6. The highest BCUT2D eigenvalue weighted by Gasteiger charge is 2.27. The minimum absolute atomic E-state index is 0. The van der Waals surface area contributed by atoms with Crippen LogP contribution in [0.1, 0.15) is 18.0 Å². The number of hydrogen-bond donors (Lipinski definition) is 1. The smallest absolute Gasteiger partial charge is 0.226 e. The summed E-state index contributed by atoms with van der Waals surface area (Å²) in [6.07, 6.45) is 3.94. The SMILES string of the molecule is Cl.O=C(CCOc1cccc(Br)c1)N1CCNCC1c1cccnc1. The van der Waals surface area contributed by atoms with E-state index >= 15 is 0 Å². The number of ether oxygens (including phenoxy) is 1. The number of rotatable bonds is 5. The summed E-state index contributed by atoms with van der Waals surface area (Å²) in [5, 5.41) is 3.35. The van der Waals surface area contributed by atoms with Gasteiger partial charge in [0, 0.05) is 36.5 Å². The number of hydrogen-bond acceptors (Lipinski definition) is 4. The highest BCUT2D eigenvalue weighted by molar-refractivity contribution is 9.10. The van der Waals surface area contributed by atoms with E-state index in [4.69, 9.17) is 4.74 Å². The molecule has 25 heavy (non-hydrogen) atoms. The number of pyridine rings is 1. The Labute approximate surface area is 162 Å². The first-order valence-corrected chi connectivity index (χ1v) is 8.82. The zero-order valence-electron chi connectivity index (χ0n) is 13.7. The van der Waals surface area contributed by atoms with Gasteiger partial charge < -0.3 is 15.0 Å². The molecule has 0 spiro atoms. The number of nitrogens with zero attached hydrogens (tertiary/aromatic N) is 2. The molecule has 1 fully saturated rings. The van der Waals surface area contributed by atoms with Crippen LogP contribution in [0.25, 0.3) is 0 Å². The molecule has 1 atom stereocenters. The lowest BCUT2D eigenvalue weighted by Crippen LogP contribution is -2.49. The lowest BCUT2D eigenvalue weighted by molar-refractivity contribution is -0.135. The number of amides is 1. The van der Waals surface area contributed by atoms with Gasteiger partial charge >= 0.3 is 0 Å². The number of aromatic nitrogens is 1. The minimum atomic E-state index is 0. The van der Waals surface area contributed by atoms with Crippen LogP contribution in [0.2, 0.25) is 0 Å². The van der Waals surface area contributed by atoms with Gasteiger partial charge in [-0.25, -0.2) is 0 Å². The Morgan fingerprint density at radius 3 is 3.00 bits per heavy atom. The lowest BCUT2D eigenvalue weighted by atomic mass is 10.0. The van der Waals surface area contributed by atoms with Gasteiger partial charge in [0.25, 0.3) is 0 Å². The third-order valence-electron chi connectivity index (χ3n) is 4.01. The van der Waals surface area contributed by atoms with Crippen LogP contribution in [0.15, 0.2) is 53.3 Å². The van der Waals surface area contributed by atoms with Crippen molar-refractivity contribution < 1.29 is 9.53 Å². The van der Waals surface area contributed by atoms with E-state index in [1.165, 1.54) is 0 Å². The number of halogens is 2. The Bertz CT molecular complexity index is 687. The Kier molecular flexibility index (Phi) is 7.68. The van der Waals surface area contributed by atoms with E-state index < -0.39 is 0 Å². The predicted molar refractivity (Wildman–Crippen MR) is 103 cm³/mol. The molecule has 2 heterocycles. The molecule has 0 saturated carbocycles. The van der Waals surface area contributed by atoms with Crippen molar-refractivity contribution in [3.05, 3.63) is 58.8 Å². The van der Waals surface area contributed by atoms with E-state index in [1.54, 1.807) is 6.20 Å². The van der Waals surface area contributed by atoms with Gasteiger partial charge in [-0.2, -0.15) is 0 Å². The average molecular weight is 427 g/mol. The van der Waals surface area contributed by atoms with Crippen LogP contribution in [-0.2, 0) is 4.79 Å². The van der Waals surface area contributed by atoms with Gasteiger partial charge in [0.2, 0.25) is 5.91 Å². The fraction of sp³-hybridized carbons (Fsp3) is 0.333. The van der Waals surface area contributed by atoms with Crippen molar-refractivity contribution in [2.45, 2.75) is 12.5 Å². The fourth-order valence-corrected chi connectivity index (χ4v) is 3.21. The summed E-state index contributed by atoms with van der Waals surface area (Å²) in [7, 11) is 0. The number of carbonyl (C=O) groups is 1. The summed E-state index contributed by atoms with van der Waals surface area (Å²) < 4.78 is 6.65. The molecule has 1 unspecified atom stereocenters. The summed E-state index contributed by atoms with van der Waals surface area (Å²) >= 11 is 3.41. The summed E-state index contributed by atoms with van der Waals surface area (Å²) in [4.78, 5) is 18.7. The third-order valence-corrected chi connectivity index (χ3v) is 4.51. The summed E-state index contributed by atoms with van der Waals surface area (Å²) in [5.41, 5.74) is 1.06. The van der Waals surface area contributed by atoms with Crippen molar-refractivity contribution in [1.29, 1.82) is 0 Å². The quantitative estimate of drug-likeness (QED) is 0.798. The van der Waals surface area contributed by atoms with Gasteiger partial charge in [0.15, 0.2) is 0 Å². The van der Waals surface area contributed by atoms with E-state index in [0.29, 0.717) is 19.6 Å². The molecule has 7 heteroatoms. The van der Waals surface area contributed by atoms with Crippen molar-refractivity contribution in [1.82, 2.24) is 15.2 Å². The van der Waals surface area contributed by atoms with Gasteiger partial charge in [-0.1, -0.05) is 28.1 Å². The molecular weight excluding hydrogens is 406 g/mol. The molecule has 1 amide bonds. The second-order valence-electron chi connectivity index (χ2n) is 5.65. The molecule has 1 saturated heterocycles. The first-order valence-electron chi connectivity index (χ1n) is 8.02. The van der Waals surface area contributed by atoms with Crippen LogP contribution in [-0.4, -0.2) is 42.0 Å². The predicted octanol–water partition coefficient (Wildman–Crippen LogP) is 3.21. The molecule has 0 bridgehead atoms. The van der Waals surface area contributed by atoms with Crippen LogP contribution in [0.5, 0.6) is 5.75 Å². The van der Waals surface area contributed by atoms with E-state index in [9.17, 15) is 4.79 Å². The lowest BCUT2D eigenvalue weighted by Gasteiger charge is -2.36. The van der Waals surface area contributed by atoms with Crippen LogP contribution in [0.4, 0.5) is 0 Å². The maximum absolute atomic E-state index is 12.6. The first kappa shape index (κ1) is 19.7. The molecule has 1 aliphatic heterocycles. The van der Waals surface area contributed by atoms with Crippen LogP contribution >= 0.6 is 28.3 Å². The average Bonchev–Trinajstić information content (AvgIpc) is 2.62. The molecule has 134 valence electrons. The number of benzene rings is 1. The van der Waals surface area contributed by atoms with Gasteiger partial charge in [0.1, 0.15) is 5.75 Å². The highest BCUT2D eigenvalue weighted by atomic mass is 79.9. The van der Waals surface area contributed by atoms with Crippen molar-refractivity contribution >= 4 is 34.2 Å². The fourth-order valence-electron chi connectivity index (χ4n) is 2.83. The molecular formula is C18H21BrClN3O2. The summed E-state index contributed by atoms with van der Waals surface area (Å²) in [6.45, 7) is 2.65. The van der Waals surface area contributed by atoms with Gasteiger partial charge in [-0.3, -0.25) is 9.78 Å². The zero-order valence-corrected chi connectivity index (χ0v) is 16.1. The van der Waals surface area contributed by atoms with E-state index in [-0.39, 0.29) is 24.4 Å². The molecule has 0 radical (unpaired) electrons. The van der Waals surface area contributed by atoms with Gasteiger partial charge in [0.05, 0.1) is 19.1 Å². The van der Waals surface area contributed by atoms with E-state index in [2.05, 4.69) is 26.2 Å². The molecule has 3 rings (SSSR count). The Morgan fingerprint density at radius 1 is 1.36 bits per heavy atom. The van der Waals surface area contributed by atoms with Gasteiger partial charge in [-0.05, 0) is 29.8 Å². The third kappa shape index (κ3) is 5.42. The highest BCUT2D eigenvalue weighted by Crippen LogP contribution is 2.22. The number of nitrogens with one attached hydrogen (secondary N) is 1. The normalized spacial score (nSPS) is 16.8. The zero-order chi connectivity index (χ0) is 16.8. The standard InChI is InChI=1S/C18H20BrN3O2.ClH/c19-15-4-1-5-16(11-15)24-10-6-18(23)22-9-8-21-13-17(22)14-3-2-7-20-12-14;/h1-5,7,11-12,17,21H,6,8-10,13H2;1H. The van der Waals surface area contributed by atoms with E-state index in [1.807, 2.05) is 47.5 Å². The Hall–Kier alpha value is -1.63. The van der Waals surface area contributed by atoms with Crippen LogP contribution in [0.3, 0.4) is 0 Å². The first-order chi connectivity index (χ1) is 11.7. The largest absolute Gasteiger partial charge is 0.493 e. The van der Waals surface area contributed by atoms with Crippen molar-refractivity contribution in [3.63, 3.8) is 0 Å². The van der Waals surface area contributed by atoms with Crippen molar-refractivity contribution in [2.24, 2.45) is 0 Å². The summed E-state index contributed by atoms with van der Waals surface area (Å²) in [6, 6.07) is 11.6. The van der Waals surface area contributed by atoms with Crippen molar-refractivity contribution in [2.75, 3.05) is 26.2 Å². The second kappa shape index (κ2) is 9.75. The molecule has 1 N–H and O–H groups in total. The molecule has 1 aromatic carbocycles. The molecule has 0 aliphatic carbocycles. The monoisotopic (exact) mass is 425 g/mol. The summed E-state index contributed by atoms with van der Waals surface area (Å²) in [5.74, 6) is 0.877. The molecule has 1 aromatic heterocycles. The minimum Gasteiger partial charge on any atom is -0.493 e. The van der Waals surface area contributed by atoms with Crippen LogP contribution in [0, 0.1) is 0 Å². The molecule has 1 aliphatic rings. The van der Waals surface area contributed by atoms with Crippen LogP contribution < -0.4 is 10.1 Å². The van der Waals surface area contributed by atoms with Gasteiger partial charge in [-0.15, -0.1) is 12.4 Å². The molecule has 2 aromatic rings. The molecule has 5 nitrogen and oxygen atoms in total. The maximum Gasteiger partial charge on any atom is 0.226 e. The second-order valence-corrected chi connectivity index (χ2v) is 6.56. The number of piperazine rings is 1. The van der Waals surface area contributed by atoms with Crippen molar-refractivity contribution in [3.8, 4) is 5.75 Å². The van der Waals surface area contributed by atoms with E-state index in [0.717, 1.165) is 28.9 Å². The number of carbonyl (C=O) groups excluding carboxylic acids is 1. The topological polar surface area (TPSA) is 54.5 Å². The Morgan fingerprint density at radius 2 is 2.24 bits per heavy atom. The Balaban J connectivity index is 0.00000225.